The number of carbonyl (C=O) groups is 4. The molecule has 4 saturated carbocycles. The van der Waals surface area contributed by atoms with Crippen molar-refractivity contribution in [2.75, 3.05) is 6.54 Å². The minimum absolute atomic E-state index is 0.0481. The minimum atomic E-state index is -3.84. The molecule has 2 bridgehead atoms. The summed E-state index contributed by atoms with van der Waals surface area (Å²) in [7, 11) is -3.84. The van der Waals surface area contributed by atoms with E-state index in [0.29, 0.717) is 53.9 Å². The second kappa shape index (κ2) is 16.9. The van der Waals surface area contributed by atoms with Crippen molar-refractivity contribution >= 4 is 56.0 Å². The van der Waals surface area contributed by atoms with Crippen LogP contribution in [0.25, 0.3) is 10.8 Å². The molecule has 12 nitrogen and oxygen atoms in total. The number of Topliss-reactive ketones (excluding diaryl/α,β-unsaturated/α-hetero) is 1. The SMILES string of the molecule is CC[C@H]1C[C@]1(CC(=O)[C@@H]1C[C@@H]2CN1C(=O)[C@H](C1CCCCC1)CC(=O)O[C@@H]1CCC[C@H]1CCCCCn1c(cc3cc(Cl)ccc3c1=O)O2)C(=O)NS(=O)(=O)C1CC1. The Hall–Kier alpha value is -3.45. The predicted molar refractivity (Wildman–Crippen MR) is 219 cm³/mol. The molecule has 0 unspecified atom stereocenters. The van der Waals surface area contributed by atoms with Crippen LogP contribution in [0.15, 0.2) is 29.1 Å². The van der Waals surface area contributed by atoms with Crippen molar-refractivity contribution in [1.82, 2.24) is 14.2 Å². The molecule has 14 heteroatoms. The Labute approximate surface area is 346 Å². The van der Waals surface area contributed by atoms with Gasteiger partial charge in [0.15, 0.2) is 11.7 Å². The van der Waals surface area contributed by atoms with Gasteiger partial charge < -0.3 is 14.4 Å². The largest absolute Gasteiger partial charge is 0.473 e. The van der Waals surface area contributed by atoms with Gasteiger partial charge in [0, 0.05) is 35.9 Å². The van der Waals surface area contributed by atoms with E-state index < -0.39 is 44.7 Å². The standard InChI is InChI=1S/C44H58ClN3O9S/c1-2-30-24-44(30,43(53)46-58(54,55)33-16-17-33)25-37(49)36-22-32-26-48(36)42(52)35(27-10-5-3-6-11-27)23-40(50)57-38-14-9-13-28(38)12-7-4-8-19-47-39(56-32)21-29-20-31(45)15-18-34(29)41(47)51/h15,18,20-21,27-28,30,32-33,35-36,38H,2-14,16-17,19,22-26H2,1H3,(H,46,53)/t28-,30+,32-,35+,36+,38-,44-/m1/s1. The van der Waals surface area contributed by atoms with Crippen molar-refractivity contribution in [2.45, 2.75) is 159 Å². The molecule has 2 amide bonds. The Bertz CT molecular complexity index is 2100. The molecule has 316 valence electrons. The Morgan fingerprint density at radius 1 is 0.897 bits per heavy atom. The molecule has 0 radical (unpaired) electrons. The molecular formula is C44H58ClN3O9S. The number of benzene rings is 1. The minimum Gasteiger partial charge on any atom is -0.473 e. The monoisotopic (exact) mass is 839 g/mol. The lowest BCUT2D eigenvalue weighted by molar-refractivity contribution is -0.157. The molecule has 1 aromatic heterocycles. The third-order valence-corrected chi connectivity index (χ3v) is 16.4. The number of sulfonamides is 1. The van der Waals surface area contributed by atoms with Gasteiger partial charge in [0.25, 0.3) is 5.56 Å². The van der Waals surface area contributed by atoms with Crippen molar-refractivity contribution in [1.29, 1.82) is 0 Å². The van der Waals surface area contributed by atoms with E-state index in [0.717, 1.165) is 77.0 Å². The lowest BCUT2D eigenvalue weighted by Gasteiger charge is -2.34. The van der Waals surface area contributed by atoms with Crippen LogP contribution < -0.4 is 15.0 Å². The van der Waals surface area contributed by atoms with Crippen molar-refractivity contribution in [3.05, 3.63) is 39.6 Å². The number of ether oxygens (including phenoxy) is 2. The first-order valence-electron chi connectivity index (χ1n) is 22.0. The first-order chi connectivity index (χ1) is 27.9. The molecule has 1 N–H and O–H groups in total. The Balaban J connectivity index is 1.14. The van der Waals surface area contributed by atoms with Gasteiger partial charge in [-0.2, -0.15) is 0 Å². The second-order valence-electron chi connectivity index (χ2n) is 18.2. The van der Waals surface area contributed by atoms with Gasteiger partial charge in [0.2, 0.25) is 21.8 Å². The smallest absolute Gasteiger partial charge is 0.306 e. The fourth-order valence-corrected chi connectivity index (χ4v) is 12.3. The normalized spacial score (nSPS) is 31.4. The first-order valence-corrected chi connectivity index (χ1v) is 23.9. The molecule has 58 heavy (non-hydrogen) atoms. The summed E-state index contributed by atoms with van der Waals surface area (Å²) in [4.78, 5) is 73.0. The molecule has 3 heterocycles. The summed E-state index contributed by atoms with van der Waals surface area (Å²) in [5.41, 5.74) is -1.39. The fraction of sp³-hybridized carbons (Fsp3) is 0.705. The van der Waals surface area contributed by atoms with Gasteiger partial charge in [-0.1, -0.05) is 57.0 Å². The van der Waals surface area contributed by atoms with E-state index in [9.17, 15) is 27.6 Å². The number of pyridine rings is 1. The summed E-state index contributed by atoms with van der Waals surface area (Å²) < 4.78 is 42.6. The number of ketones is 1. The quantitative estimate of drug-likeness (QED) is 0.281. The number of amides is 2. The molecule has 6 aliphatic rings. The number of carbonyl (C=O) groups excluding carboxylic acids is 4. The molecule has 8 rings (SSSR count). The zero-order valence-corrected chi connectivity index (χ0v) is 35.2. The average Bonchev–Trinajstić information content (AvgIpc) is 4.09. The van der Waals surface area contributed by atoms with Crippen LogP contribution in [-0.2, 0) is 40.5 Å². The van der Waals surface area contributed by atoms with Gasteiger partial charge in [-0.15, -0.1) is 0 Å². The van der Waals surface area contributed by atoms with Crippen LogP contribution >= 0.6 is 11.6 Å². The average molecular weight is 840 g/mol. The van der Waals surface area contributed by atoms with Gasteiger partial charge in [0.1, 0.15) is 12.2 Å². The van der Waals surface area contributed by atoms with E-state index >= 15 is 4.79 Å². The van der Waals surface area contributed by atoms with E-state index in [1.807, 2.05) is 13.0 Å². The maximum atomic E-state index is 15.1. The van der Waals surface area contributed by atoms with Crippen molar-refractivity contribution in [3.8, 4) is 5.88 Å². The fourth-order valence-electron chi connectivity index (χ4n) is 10.8. The highest BCUT2D eigenvalue weighted by Crippen LogP contribution is 2.58. The van der Waals surface area contributed by atoms with Crippen LogP contribution in [0.5, 0.6) is 5.88 Å². The molecule has 5 fully saturated rings. The molecule has 1 saturated heterocycles. The number of hydrogen-bond acceptors (Lipinski definition) is 9. The van der Waals surface area contributed by atoms with Crippen LogP contribution in [0.4, 0.5) is 0 Å². The van der Waals surface area contributed by atoms with Crippen LogP contribution in [0.3, 0.4) is 0 Å². The van der Waals surface area contributed by atoms with Crippen molar-refractivity contribution in [3.63, 3.8) is 0 Å². The van der Waals surface area contributed by atoms with Gasteiger partial charge >= 0.3 is 5.97 Å². The zero-order valence-electron chi connectivity index (χ0n) is 33.6. The maximum absolute atomic E-state index is 15.1. The number of nitrogens with one attached hydrogen (secondary N) is 1. The first kappa shape index (κ1) is 41.3. The van der Waals surface area contributed by atoms with Gasteiger partial charge in [-0.25, -0.2) is 8.42 Å². The molecule has 0 spiro atoms. The topological polar surface area (TPSA) is 158 Å². The summed E-state index contributed by atoms with van der Waals surface area (Å²) in [6.07, 6.45) is 11.7. The number of halogens is 1. The lowest BCUT2D eigenvalue weighted by atomic mass is 9.77. The third-order valence-electron chi connectivity index (χ3n) is 14.4. The Kier molecular flexibility index (Phi) is 12.0. The lowest BCUT2D eigenvalue weighted by Crippen LogP contribution is -2.48. The van der Waals surface area contributed by atoms with Crippen LogP contribution in [0.2, 0.25) is 5.02 Å². The van der Waals surface area contributed by atoms with E-state index in [4.69, 9.17) is 21.1 Å². The van der Waals surface area contributed by atoms with Gasteiger partial charge in [0.05, 0.1) is 35.6 Å². The maximum Gasteiger partial charge on any atom is 0.306 e. The highest BCUT2D eigenvalue weighted by molar-refractivity contribution is 7.90. The molecule has 2 aromatic rings. The number of aromatic nitrogens is 1. The third kappa shape index (κ3) is 8.58. The van der Waals surface area contributed by atoms with Crippen molar-refractivity contribution in [2.24, 2.45) is 29.1 Å². The number of rotatable bonds is 8. The summed E-state index contributed by atoms with van der Waals surface area (Å²) >= 11 is 6.37. The number of fused-ring (bicyclic) bond motifs is 5. The molecule has 7 atom stereocenters. The highest BCUT2D eigenvalue weighted by atomic mass is 35.5. The predicted octanol–water partition coefficient (Wildman–Crippen LogP) is 6.86. The molecule has 4 aliphatic carbocycles. The Morgan fingerprint density at radius 3 is 2.34 bits per heavy atom. The van der Waals surface area contributed by atoms with Crippen molar-refractivity contribution < 1.29 is 37.1 Å². The summed E-state index contributed by atoms with van der Waals surface area (Å²) in [6, 6.07) is 5.98. The van der Waals surface area contributed by atoms with E-state index in [2.05, 4.69) is 4.72 Å². The summed E-state index contributed by atoms with van der Waals surface area (Å²) in [5, 5.41) is 1.03. The van der Waals surface area contributed by atoms with Crippen LogP contribution in [0.1, 0.15) is 129 Å². The van der Waals surface area contributed by atoms with E-state index in [1.165, 1.54) is 0 Å². The molecule has 1 aromatic carbocycles. The second-order valence-corrected chi connectivity index (χ2v) is 20.6. The summed E-state index contributed by atoms with van der Waals surface area (Å²) in [5.74, 6) is -1.97. The van der Waals surface area contributed by atoms with Crippen LogP contribution in [0, 0.1) is 29.1 Å². The highest BCUT2D eigenvalue weighted by Gasteiger charge is 2.62. The summed E-state index contributed by atoms with van der Waals surface area (Å²) in [6.45, 7) is 2.39. The van der Waals surface area contributed by atoms with E-state index in [1.54, 1.807) is 27.7 Å². The number of hydrogen-bond donors (Lipinski definition) is 1. The molecular weight excluding hydrogens is 782 g/mol. The zero-order chi connectivity index (χ0) is 40.8. The number of esters is 1. The van der Waals surface area contributed by atoms with Gasteiger partial charge in [-0.05, 0) is 106 Å². The number of nitrogens with zero attached hydrogens (tertiary/aromatic N) is 2. The molecule has 2 aliphatic heterocycles. The Morgan fingerprint density at radius 2 is 1.62 bits per heavy atom. The van der Waals surface area contributed by atoms with E-state index in [-0.39, 0.29) is 72.9 Å². The van der Waals surface area contributed by atoms with Crippen LogP contribution in [-0.4, -0.2) is 71.5 Å². The van der Waals surface area contributed by atoms with Gasteiger partial charge in [-0.3, -0.25) is 33.3 Å².